The van der Waals surface area contributed by atoms with Gasteiger partial charge in [-0.3, -0.25) is 0 Å². The Morgan fingerprint density at radius 2 is 2.07 bits per heavy atom. The number of rotatable bonds is 2. The van der Waals surface area contributed by atoms with Gasteiger partial charge < -0.3 is 5.32 Å². The van der Waals surface area contributed by atoms with Gasteiger partial charge in [-0.05, 0) is 18.2 Å². The lowest BCUT2D eigenvalue weighted by molar-refractivity contribution is -0.137. The molecule has 0 bridgehead atoms. The average molecular weight is 200 g/mol. The zero-order valence-electron chi connectivity index (χ0n) is 7.10. The summed E-state index contributed by atoms with van der Waals surface area (Å²) in [4.78, 5) is 0. The van der Waals surface area contributed by atoms with E-state index in [1.807, 2.05) is 0 Å². The molecule has 0 aliphatic carbocycles. The number of nitrogens with one attached hydrogen (secondary N) is 1. The van der Waals surface area contributed by atoms with Crippen LogP contribution in [0.25, 0.3) is 0 Å². The Morgan fingerprint density at radius 3 is 2.64 bits per heavy atom. The van der Waals surface area contributed by atoms with Gasteiger partial charge in [-0.25, -0.2) is 0 Å². The van der Waals surface area contributed by atoms with Crippen molar-refractivity contribution < 1.29 is 13.2 Å². The molecule has 0 fully saturated rings. The van der Waals surface area contributed by atoms with E-state index in [2.05, 4.69) is 5.32 Å². The molecule has 0 saturated carbocycles. The number of hydrogen-bond acceptors (Lipinski definition) is 2. The summed E-state index contributed by atoms with van der Waals surface area (Å²) >= 11 is 0. The highest BCUT2D eigenvalue weighted by molar-refractivity contribution is 5.47. The maximum absolute atomic E-state index is 12.2. The Balaban J connectivity index is 2.86. The number of alkyl halides is 3. The van der Waals surface area contributed by atoms with Gasteiger partial charge in [0, 0.05) is 5.69 Å². The second-order valence-electron chi connectivity index (χ2n) is 2.59. The van der Waals surface area contributed by atoms with Gasteiger partial charge in [-0.1, -0.05) is 6.07 Å². The third-order valence-corrected chi connectivity index (χ3v) is 1.56. The number of hydrogen-bond donors (Lipinski definition) is 1. The molecule has 14 heavy (non-hydrogen) atoms. The summed E-state index contributed by atoms with van der Waals surface area (Å²) in [6.07, 6.45) is -4.34. The van der Waals surface area contributed by atoms with Crippen LogP contribution in [0.1, 0.15) is 5.56 Å². The van der Waals surface area contributed by atoms with Crippen molar-refractivity contribution in [2.45, 2.75) is 6.18 Å². The number of benzene rings is 1. The van der Waals surface area contributed by atoms with Crippen LogP contribution in [0.15, 0.2) is 24.3 Å². The molecular formula is C9H7F3N2. The first-order valence-corrected chi connectivity index (χ1v) is 3.82. The first-order valence-electron chi connectivity index (χ1n) is 3.82. The summed E-state index contributed by atoms with van der Waals surface area (Å²) in [5, 5.41) is 10.8. The topological polar surface area (TPSA) is 35.8 Å². The molecule has 0 saturated heterocycles. The van der Waals surface area contributed by atoms with Crippen LogP contribution < -0.4 is 5.32 Å². The van der Waals surface area contributed by atoms with Crippen molar-refractivity contribution in [1.82, 2.24) is 0 Å². The molecule has 1 rings (SSSR count). The molecule has 0 amide bonds. The second-order valence-corrected chi connectivity index (χ2v) is 2.59. The van der Waals surface area contributed by atoms with Crippen LogP contribution >= 0.6 is 0 Å². The molecule has 0 radical (unpaired) electrons. The summed E-state index contributed by atoms with van der Waals surface area (Å²) in [6.45, 7) is -0.0126. The van der Waals surface area contributed by atoms with E-state index in [0.717, 1.165) is 12.1 Å². The Bertz CT molecular complexity index is 352. The predicted octanol–water partition coefficient (Wildman–Crippen LogP) is 2.64. The van der Waals surface area contributed by atoms with Gasteiger partial charge in [0.05, 0.1) is 11.6 Å². The van der Waals surface area contributed by atoms with Gasteiger partial charge in [0.15, 0.2) is 0 Å². The Hall–Kier alpha value is -1.70. The van der Waals surface area contributed by atoms with Crippen molar-refractivity contribution in [3.8, 4) is 6.07 Å². The fourth-order valence-corrected chi connectivity index (χ4v) is 0.947. The van der Waals surface area contributed by atoms with Crippen molar-refractivity contribution >= 4 is 5.69 Å². The first-order chi connectivity index (χ1) is 6.54. The fraction of sp³-hybridized carbons (Fsp3) is 0.222. The summed E-state index contributed by atoms with van der Waals surface area (Å²) < 4.78 is 36.6. The molecule has 0 aliphatic heterocycles. The molecule has 1 aromatic carbocycles. The van der Waals surface area contributed by atoms with Gasteiger partial charge in [0.1, 0.15) is 6.54 Å². The van der Waals surface area contributed by atoms with Crippen molar-refractivity contribution in [3.63, 3.8) is 0 Å². The van der Waals surface area contributed by atoms with Gasteiger partial charge in [0.25, 0.3) is 0 Å². The summed E-state index contributed by atoms with van der Waals surface area (Å²) in [5.74, 6) is 0. The minimum atomic E-state index is -4.34. The van der Waals surface area contributed by atoms with E-state index in [0.29, 0.717) is 5.69 Å². The summed E-state index contributed by atoms with van der Waals surface area (Å²) in [5.41, 5.74) is -0.429. The van der Waals surface area contributed by atoms with Crippen LogP contribution in [0.3, 0.4) is 0 Å². The Morgan fingerprint density at radius 1 is 1.36 bits per heavy atom. The number of halogens is 3. The highest BCUT2D eigenvalue weighted by atomic mass is 19.4. The molecule has 74 valence electrons. The molecule has 0 aliphatic rings. The normalized spacial score (nSPS) is 10.7. The molecule has 1 N–H and O–H groups in total. The molecule has 5 heteroatoms. The van der Waals surface area contributed by atoms with Crippen LogP contribution in [-0.2, 0) is 6.18 Å². The zero-order valence-corrected chi connectivity index (χ0v) is 7.10. The lowest BCUT2D eigenvalue weighted by Gasteiger charge is -2.08. The lowest BCUT2D eigenvalue weighted by atomic mass is 10.2. The second kappa shape index (κ2) is 4.01. The number of nitrogens with zero attached hydrogens (tertiary/aromatic N) is 1. The van der Waals surface area contributed by atoms with E-state index in [1.165, 1.54) is 12.1 Å². The highest BCUT2D eigenvalue weighted by Gasteiger charge is 2.30. The van der Waals surface area contributed by atoms with Crippen LogP contribution in [0.5, 0.6) is 0 Å². The minimum absolute atomic E-state index is 0.0126. The van der Waals surface area contributed by atoms with Crippen LogP contribution in [-0.4, -0.2) is 6.54 Å². The Kier molecular flexibility index (Phi) is 2.97. The smallest absolute Gasteiger partial charge is 0.372 e. The van der Waals surface area contributed by atoms with Crippen molar-refractivity contribution in [3.05, 3.63) is 29.8 Å². The predicted molar refractivity (Wildman–Crippen MR) is 45.5 cm³/mol. The number of anilines is 1. The van der Waals surface area contributed by atoms with Crippen LogP contribution in [0.4, 0.5) is 18.9 Å². The van der Waals surface area contributed by atoms with Crippen LogP contribution in [0, 0.1) is 11.3 Å². The highest BCUT2D eigenvalue weighted by Crippen LogP contribution is 2.30. The maximum atomic E-state index is 12.2. The average Bonchev–Trinajstić information content (AvgIpc) is 2.14. The standard InChI is InChI=1S/C9H7F3N2/c10-9(11,12)7-2-1-3-8(6-7)14-5-4-13/h1-3,6,14H,5H2. The molecule has 0 aromatic heterocycles. The minimum Gasteiger partial charge on any atom is -0.372 e. The van der Waals surface area contributed by atoms with Gasteiger partial charge in [0.2, 0.25) is 0 Å². The summed E-state index contributed by atoms with van der Waals surface area (Å²) in [7, 11) is 0. The third kappa shape index (κ3) is 2.66. The Labute approximate surface area is 79.0 Å². The first kappa shape index (κ1) is 10.4. The lowest BCUT2D eigenvalue weighted by Crippen LogP contribution is -2.06. The molecule has 0 atom stereocenters. The maximum Gasteiger partial charge on any atom is 0.416 e. The van der Waals surface area contributed by atoms with E-state index < -0.39 is 11.7 Å². The molecule has 0 heterocycles. The van der Waals surface area contributed by atoms with E-state index in [4.69, 9.17) is 5.26 Å². The fourth-order valence-electron chi connectivity index (χ4n) is 0.947. The molecule has 0 spiro atoms. The monoisotopic (exact) mass is 200 g/mol. The molecule has 1 aromatic rings. The number of nitriles is 1. The van der Waals surface area contributed by atoms with Crippen LogP contribution in [0.2, 0.25) is 0 Å². The molecule has 0 unspecified atom stereocenters. The third-order valence-electron chi connectivity index (χ3n) is 1.56. The van der Waals surface area contributed by atoms with E-state index >= 15 is 0 Å². The van der Waals surface area contributed by atoms with E-state index in [1.54, 1.807) is 6.07 Å². The SMILES string of the molecule is N#CCNc1cccc(C(F)(F)F)c1. The van der Waals surface area contributed by atoms with Crippen molar-refractivity contribution in [2.24, 2.45) is 0 Å². The largest absolute Gasteiger partial charge is 0.416 e. The van der Waals surface area contributed by atoms with Gasteiger partial charge in [-0.15, -0.1) is 0 Å². The molecule has 2 nitrogen and oxygen atoms in total. The van der Waals surface area contributed by atoms with Crippen molar-refractivity contribution in [2.75, 3.05) is 11.9 Å². The summed E-state index contributed by atoms with van der Waals surface area (Å²) in [6, 6.07) is 6.51. The van der Waals surface area contributed by atoms with Crippen molar-refractivity contribution in [1.29, 1.82) is 5.26 Å². The van der Waals surface area contributed by atoms with Gasteiger partial charge in [-0.2, -0.15) is 18.4 Å². The quantitative estimate of drug-likeness (QED) is 0.745. The van der Waals surface area contributed by atoms with E-state index in [9.17, 15) is 13.2 Å². The zero-order chi connectivity index (χ0) is 10.6. The van der Waals surface area contributed by atoms with E-state index in [-0.39, 0.29) is 6.54 Å². The molecular weight excluding hydrogens is 193 g/mol. The van der Waals surface area contributed by atoms with Gasteiger partial charge >= 0.3 is 6.18 Å².